The van der Waals surface area contributed by atoms with E-state index in [1.165, 1.54) is 26.4 Å². The number of anilines is 1. The molecule has 2 aromatic carbocycles. The molecule has 2 N–H and O–H groups in total. The SMILES string of the molecule is COc1ccc(C(=O)Nc2ccc(S(=O)(=O)NC[C@@H]3CCCO3)cc2)cc1OC. The largest absolute Gasteiger partial charge is 0.493 e. The summed E-state index contributed by atoms with van der Waals surface area (Å²) in [5.41, 5.74) is 0.862. The van der Waals surface area contributed by atoms with Gasteiger partial charge < -0.3 is 19.5 Å². The zero-order chi connectivity index (χ0) is 20.9. The van der Waals surface area contributed by atoms with Crippen molar-refractivity contribution in [3.8, 4) is 11.5 Å². The van der Waals surface area contributed by atoms with E-state index in [1.54, 1.807) is 30.3 Å². The first-order valence-corrected chi connectivity index (χ1v) is 10.7. The van der Waals surface area contributed by atoms with Crippen LogP contribution in [0, 0.1) is 0 Å². The van der Waals surface area contributed by atoms with Crippen molar-refractivity contribution >= 4 is 21.6 Å². The molecule has 0 spiro atoms. The number of ether oxygens (including phenoxy) is 3. The fraction of sp³-hybridized carbons (Fsp3) is 0.350. The molecule has 1 saturated heterocycles. The van der Waals surface area contributed by atoms with Crippen molar-refractivity contribution in [1.82, 2.24) is 4.72 Å². The molecule has 0 saturated carbocycles. The molecule has 3 rings (SSSR count). The van der Waals surface area contributed by atoms with Gasteiger partial charge >= 0.3 is 0 Å². The lowest BCUT2D eigenvalue weighted by Gasteiger charge is -2.12. The van der Waals surface area contributed by atoms with Gasteiger partial charge in [0.05, 0.1) is 25.2 Å². The predicted octanol–water partition coefficient (Wildman–Crippen LogP) is 2.41. The van der Waals surface area contributed by atoms with Crippen molar-refractivity contribution < 1.29 is 27.4 Å². The minimum absolute atomic E-state index is 0.0789. The maximum Gasteiger partial charge on any atom is 0.255 e. The van der Waals surface area contributed by atoms with Gasteiger partial charge in [-0.2, -0.15) is 0 Å². The second-order valence-corrected chi connectivity index (χ2v) is 8.30. The molecule has 1 atom stereocenters. The van der Waals surface area contributed by atoms with E-state index >= 15 is 0 Å². The predicted molar refractivity (Wildman–Crippen MR) is 108 cm³/mol. The van der Waals surface area contributed by atoms with Crippen LogP contribution in [0.1, 0.15) is 23.2 Å². The van der Waals surface area contributed by atoms with Gasteiger partial charge in [0.25, 0.3) is 5.91 Å². The molecule has 0 bridgehead atoms. The quantitative estimate of drug-likeness (QED) is 0.680. The monoisotopic (exact) mass is 420 g/mol. The van der Waals surface area contributed by atoms with Crippen LogP contribution >= 0.6 is 0 Å². The van der Waals surface area contributed by atoms with Crippen molar-refractivity contribution in [3.05, 3.63) is 48.0 Å². The lowest BCUT2D eigenvalue weighted by atomic mass is 10.2. The lowest BCUT2D eigenvalue weighted by molar-refractivity contribution is 0.102. The number of hydrogen-bond donors (Lipinski definition) is 2. The van der Waals surface area contributed by atoms with E-state index in [0.717, 1.165) is 12.8 Å². The highest BCUT2D eigenvalue weighted by atomic mass is 32.2. The Bertz CT molecular complexity index is 953. The summed E-state index contributed by atoms with van der Waals surface area (Å²) in [5.74, 6) is 0.617. The lowest BCUT2D eigenvalue weighted by Crippen LogP contribution is -2.31. The zero-order valence-corrected chi connectivity index (χ0v) is 17.1. The van der Waals surface area contributed by atoms with E-state index in [0.29, 0.717) is 29.4 Å². The highest BCUT2D eigenvalue weighted by Gasteiger charge is 2.20. The molecule has 0 unspecified atom stereocenters. The maximum absolute atomic E-state index is 12.5. The zero-order valence-electron chi connectivity index (χ0n) is 16.3. The Morgan fingerprint density at radius 2 is 1.83 bits per heavy atom. The average molecular weight is 420 g/mol. The van der Waals surface area contributed by atoms with Crippen LogP contribution in [0.15, 0.2) is 47.4 Å². The van der Waals surface area contributed by atoms with E-state index < -0.39 is 10.0 Å². The van der Waals surface area contributed by atoms with Gasteiger partial charge in [-0.05, 0) is 55.3 Å². The molecule has 29 heavy (non-hydrogen) atoms. The van der Waals surface area contributed by atoms with Crippen LogP contribution < -0.4 is 19.5 Å². The smallest absolute Gasteiger partial charge is 0.255 e. The van der Waals surface area contributed by atoms with Gasteiger partial charge in [-0.25, -0.2) is 13.1 Å². The summed E-state index contributed by atoms with van der Waals surface area (Å²) in [6.07, 6.45) is 1.72. The minimum Gasteiger partial charge on any atom is -0.493 e. The number of carbonyl (C=O) groups excluding carboxylic acids is 1. The van der Waals surface area contributed by atoms with Crippen LogP contribution in [0.4, 0.5) is 5.69 Å². The topological polar surface area (TPSA) is 103 Å². The molecule has 8 nitrogen and oxygen atoms in total. The van der Waals surface area contributed by atoms with Crippen molar-refractivity contribution in [2.75, 3.05) is 32.7 Å². The molecule has 0 aromatic heterocycles. The fourth-order valence-corrected chi connectivity index (χ4v) is 4.06. The van der Waals surface area contributed by atoms with Crippen LogP contribution in [-0.2, 0) is 14.8 Å². The number of benzene rings is 2. The highest BCUT2D eigenvalue weighted by Crippen LogP contribution is 2.28. The van der Waals surface area contributed by atoms with Gasteiger partial charge in [0.15, 0.2) is 11.5 Å². The van der Waals surface area contributed by atoms with Gasteiger partial charge in [-0.15, -0.1) is 0 Å². The number of sulfonamides is 1. The third kappa shape index (κ3) is 5.26. The molecular formula is C20H24N2O6S. The number of hydrogen-bond acceptors (Lipinski definition) is 6. The van der Waals surface area contributed by atoms with Gasteiger partial charge in [0.2, 0.25) is 10.0 Å². The van der Waals surface area contributed by atoms with Crippen LogP contribution in [0.2, 0.25) is 0 Å². The molecule has 0 aliphatic carbocycles. The number of amides is 1. The Kier molecular flexibility index (Phi) is 6.73. The summed E-state index contributed by atoms with van der Waals surface area (Å²) in [4.78, 5) is 12.6. The summed E-state index contributed by atoms with van der Waals surface area (Å²) in [6, 6.07) is 10.8. The first-order valence-electron chi connectivity index (χ1n) is 9.17. The first kappa shape index (κ1) is 21.1. The Hall–Kier alpha value is -2.62. The van der Waals surface area contributed by atoms with Crippen LogP contribution in [-0.4, -0.2) is 47.8 Å². The Labute approximate surface area is 170 Å². The summed E-state index contributed by atoms with van der Waals surface area (Å²) in [5, 5.41) is 2.73. The molecule has 0 radical (unpaired) electrons. The van der Waals surface area contributed by atoms with E-state index in [9.17, 15) is 13.2 Å². The second-order valence-electron chi connectivity index (χ2n) is 6.54. The third-order valence-corrected chi connectivity index (χ3v) is 6.03. The Balaban J connectivity index is 1.64. The number of carbonyl (C=O) groups is 1. The first-order chi connectivity index (χ1) is 13.9. The van der Waals surface area contributed by atoms with Crippen molar-refractivity contribution in [2.45, 2.75) is 23.8 Å². The molecule has 1 aliphatic heterocycles. The summed E-state index contributed by atoms with van der Waals surface area (Å²) >= 11 is 0. The van der Waals surface area contributed by atoms with E-state index in [-0.39, 0.29) is 23.5 Å². The molecule has 2 aromatic rings. The fourth-order valence-electron chi connectivity index (χ4n) is 2.99. The van der Waals surface area contributed by atoms with E-state index in [4.69, 9.17) is 14.2 Å². The van der Waals surface area contributed by atoms with Gasteiger partial charge in [0, 0.05) is 24.4 Å². The molecule has 1 amide bonds. The van der Waals surface area contributed by atoms with Crippen molar-refractivity contribution in [1.29, 1.82) is 0 Å². The molecule has 1 heterocycles. The van der Waals surface area contributed by atoms with E-state index in [1.807, 2.05) is 0 Å². The highest BCUT2D eigenvalue weighted by molar-refractivity contribution is 7.89. The van der Waals surface area contributed by atoms with Crippen LogP contribution in [0.5, 0.6) is 11.5 Å². The van der Waals surface area contributed by atoms with Gasteiger partial charge in [0.1, 0.15) is 0 Å². The molecule has 1 aliphatic rings. The second kappa shape index (κ2) is 9.25. The van der Waals surface area contributed by atoms with Crippen molar-refractivity contribution in [2.24, 2.45) is 0 Å². The Morgan fingerprint density at radius 1 is 1.10 bits per heavy atom. The molecule has 156 valence electrons. The third-order valence-electron chi connectivity index (χ3n) is 4.59. The molecule has 9 heteroatoms. The Morgan fingerprint density at radius 3 is 2.45 bits per heavy atom. The summed E-state index contributed by atoms with van der Waals surface area (Å²) < 4.78 is 43.1. The number of nitrogens with one attached hydrogen (secondary N) is 2. The summed E-state index contributed by atoms with van der Waals surface area (Å²) in [6.45, 7) is 0.918. The normalized spacial score (nSPS) is 16.4. The maximum atomic E-state index is 12.5. The van der Waals surface area contributed by atoms with Gasteiger partial charge in [-0.3, -0.25) is 4.79 Å². The standard InChI is InChI=1S/C20H24N2O6S/c1-26-18-10-5-14(12-19(18)27-2)20(23)22-15-6-8-17(9-7-15)29(24,25)21-13-16-4-3-11-28-16/h5-10,12,16,21H,3-4,11,13H2,1-2H3,(H,22,23)/t16-/m0/s1. The minimum atomic E-state index is -3.63. The van der Waals surface area contributed by atoms with Gasteiger partial charge in [-0.1, -0.05) is 0 Å². The van der Waals surface area contributed by atoms with Crippen LogP contribution in [0.3, 0.4) is 0 Å². The van der Waals surface area contributed by atoms with Crippen molar-refractivity contribution in [3.63, 3.8) is 0 Å². The van der Waals surface area contributed by atoms with E-state index in [2.05, 4.69) is 10.0 Å². The molecule has 1 fully saturated rings. The number of methoxy groups -OCH3 is 2. The van der Waals surface area contributed by atoms with Crippen LogP contribution in [0.25, 0.3) is 0 Å². The number of rotatable bonds is 8. The molecular weight excluding hydrogens is 396 g/mol. The average Bonchev–Trinajstić information content (AvgIpc) is 3.26. The summed E-state index contributed by atoms with van der Waals surface area (Å²) in [7, 11) is -0.627.